The highest BCUT2D eigenvalue weighted by molar-refractivity contribution is 5.87. The summed E-state index contributed by atoms with van der Waals surface area (Å²) in [6.45, 7) is 3.35. The van der Waals surface area contributed by atoms with Crippen LogP contribution in [0.2, 0.25) is 0 Å². The minimum absolute atomic E-state index is 0.446. The van der Waals surface area contributed by atoms with Gasteiger partial charge in [-0.25, -0.2) is 4.98 Å². The molecule has 4 nitrogen and oxygen atoms in total. The van der Waals surface area contributed by atoms with Gasteiger partial charge in [-0.3, -0.25) is 0 Å². The van der Waals surface area contributed by atoms with Gasteiger partial charge in [0.25, 0.3) is 0 Å². The van der Waals surface area contributed by atoms with Crippen molar-refractivity contribution >= 4 is 16.7 Å². The number of aryl methyl sites for hydroxylation is 1. The summed E-state index contributed by atoms with van der Waals surface area (Å²) in [7, 11) is 0. The Balaban J connectivity index is 2.81. The molecule has 2 aromatic rings. The van der Waals surface area contributed by atoms with E-state index in [9.17, 15) is 0 Å². The van der Waals surface area contributed by atoms with Gasteiger partial charge in [-0.2, -0.15) is 0 Å². The summed E-state index contributed by atoms with van der Waals surface area (Å²) in [5.74, 6) is 0.889. The number of nitrogens with two attached hydrogens (primary N) is 2. The molecule has 2 rings (SSSR count). The van der Waals surface area contributed by atoms with Crippen molar-refractivity contribution in [2.45, 2.75) is 20.0 Å². The van der Waals surface area contributed by atoms with Crippen LogP contribution in [0.1, 0.15) is 12.7 Å². The molecule has 0 unspecified atom stereocenters. The van der Waals surface area contributed by atoms with Crippen LogP contribution in [0.15, 0.2) is 18.2 Å². The molecule has 0 amide bonds. The van der Waals surface area contributed by atoms with Crippen LogP contribution in [0.5, 0.6) is 0 Å². The molecule has 4 heteroatoms. The summed E-state index contributed by atoms with van der Waals surface area (Å²) in [5, 5.41) is 0. The van der Waals surface area contributed by atoms with E-state index in [1.54, 1.807) is 0 Å². The van der Waals surface area contributed by atoms with Crippen molar-refractivity contribution in [2.75, 3.05) is 5.73 Å². The number of rotatable bonds is 2. The lowest BCUT2D eigenvalue weighted by Crippen LogP contribution is -2.07. The third kappa shape index (κ3) is 1.15. The zero-order valence-corrected chi connectivity index (χ0v) is 8.20. The Morgan fingerprint density at radius 2 is 2.21 bits per heavy atom. The van der Waals surface area contributed by atoms with Crippen molar-refractivity contribution in [3.8, 4) is 0 Å². The molecule has 0 fully saturated rings. The van der Waals surface area contributed by atoms with Gasteiger partial charge >= 0.3 is 0 Å². The molecule has 0 saturated carbocycles. The quantitative estimate of drug-likeness (QED) is 0.696. The first kappa shape index (κ1) is 9.02. The second-order valence-electron chi connectivity index (χ2n) is 3.19. The molecule has 0 saturated heterocycles. The molecule has 0 spiro atoms. The standard InChI is InChI=1S/C10H14N4/c1-2-14-9(6-11)13-8-5-3-4-7(12)10(8)14/h3-5H,2,6,11-12H2,1H3. The highest BCUT2D eigenvalue weighted by atomic mass is 15.1. The molecule has 0 aliphatic heterocycles. The number of benzene rings is 1. The predicted molar refractivity (Wildman–Crippen MR) is 57.7 cm³/mol. The van der Waals surface area contributed by atoms with Crippen molar-refractivity contribution in [2.24, 2.45) is 5.73 Å². The van der Waals surface area contributed by atoms with E-state index in [4.69, 9.17) is 11.5 Å². The van der Waals surface area contributed by atoms with E-state index in [2.05, 4.69) is 16.5 Å². The van der Waals surface area contributed by atoms with E-state index >= 15 is 0 Å². The molecule has 1 aromatic carbocycles. The van der Waals surface area contributed by atoms with Crippen LogP contribution < -0.4 is 11.5 Å². The summed E-state index contributed by atoms with van der Waals surface area (Å²) in [6, 6.07) is 5.75. The largest absolute Gasteiger partial charge is 0.397 e. The van der Waals surface area contributed by atoms with E-state index in [-0.39, 0.29) is 0 Å². The number of aromatic nitrogens is 2. The van der Waals surface area contributed by atoms with Gasteiger partial charge in [-0.15, -0.1) is 0 Å². The number of fused-ring (bicyclic) bond motifs is 1. The zero-order valence-electron chi connectivity index (χ0n) is 8.20. The van der Waals surface area contributed by atoms with Crippen molar-refractivity contribution in [3.63, 3.8) is 0 Å². The second kappa shape index (κ2) is 3.31. The van der Waals surface area contributed by atoms with Crippen LogP contribution in [0, 0.1) is 0 Å². The van der Waals surface area contributed by atoms with Gasteiger partial charge < -0.3 is 16.0 Å². The molecule has 0 aliphatic carbocycles. The van der Waals surface area contributed by atoms with Gasteiger partial charge in [0.2, 0.25) is 0 Å². The Morgan fingerprint density at radius 3 is 2.86 bits per heavy atom. The molecule has 74 valence electrons. The first-order chi connectivity index (χ1) is 6.77. The maximum Gasteiger partial charge on any atom is 0.123 e. The van der Waals surface area contributed by atoms with Crippen LogP contribution >= 0.6 is 0 Å². The third-order valence-corrected chi connectivity index (χ3v) is 2.38. The molecule has 4 N–H and O–H groups in total. The van der Waals surface area contributed by atoms with Crippen LogP contribution in [0.4, 0.5) is 5.69 Å². The third-order valence-electron chi connectivity index (χ3n) is 2.38. The molecule has 0 radical (unpaired) electrons. The fraction of sp³-hybridized carbons (Fsp3) is 0.300. The first-order valence-electron chi connectivity index (χ1n) is 4.71. The van der Waals surface area contributed by atoms with Gasteiger partial charge in [0.1, 0.15) is 5.82 Å². The zero-order chi connectivity index (χ0) is 10.1. The SMILES string of the molecule is CCn1c(CN)nc2cccc(N)c21. The fourth-order valence-electron chi connectivity index (χ4n) is 1.76. The normalized spacial score (nSPS) is 11.0. The molecule has 1 heterocycles. The molecule has 0 bridgehead atoms. The van der Waals surface area contributed by atoms with Crippen LogP contribution in [-0.4, -0.2) is 9.55 Å². The molecule has 14 heavy (non-hydrogen) atoms. The number of nitrogen functional groups attached to an aromatic ring is 1. The lowest BCUT2D eigenvalue weighted by Gasteiger charge is -2.04. The van der Waals surface area contributed by atoms with Crippen molar-refractivity contribution in [1.82, 2.24) is 9.55 Å². The first-order valence-corrected chi connectivity index (χ1v) is 4.71. The van der Waals surface area contributed by atoms with Crippen molar-refractivity contribution in [1.29, 1.82) is 0 Å². The number of hydrogen-bond acceptors (Lipinski definition) is 3. The lowest BCUT2D eigenvalue weighted by molar-refractivity contribution is 0.719. The van der Waals surface area contributed by atoms with E-state index in [0.717, 1.165) is 29.1 Å². The summed E-state index contributed by atoms with van der Waals surface area (Å²) >= 11 is 0. The topological polar surface area (TPSA) is 69.9 Å². The highest BCUT2D eigenvalue weighted by Gasteiger charge is 2.09. The van der Waals surface area contributed by atoms with E-state index in [1.165, 1.54) is 0 Å². The van der Waals surface area contributed by atoms with E-state index < -0.39 is 0 Å². The Morgan fingerprint density at radius 1 is 1.43 bits per heavy atom. The van der Waals surface area contributed by atoms with Crippen molar-refractivity contribution < 1.29 is 0 Å². The number of hydrogen-bond donors (Lipinski definition) is 2. The Labute approximate surface area is 82.5 Å². The maximum absolute atomic E-state index is 5.90. The summed E-state index contributed by atoms with van der Waals surface area (Å²) < 4.78 is 2.06. The van der Waals surface area contributed by atoms with Crippen LogP contribution in [-0.2, 0) is 13.1 Å². The van der Waals surface area contributed by atoms with Crippen molar-refractivity contribution in [3.05, 3.63) is 24.0 Å². The average molecular weight is 190 g/mol. The van der Waals surface area contributed by atoms with Gasteiger partial charge in [-0.05, 0) is 19.1 Å². The van der Waals surface area contributed by atoms with E-state index in [0.29, 0.717) is 6.54 Å². The molecule has 0 atom stereocenters. The van der Waals surface area contributed by atoms with Crippen LogP contribution in [0.25, 0.3) is 11.0 Å². The molecular formula is C10H14N4. The summed E-state index contributed by atoms with van der Waals surface area (Å²) in [4.78, 5) is 4.42. The summed E-state index contributed by atoms with van der Waals surface area (Å²) in [6.07, 6.45) is 0. The Hall–Kier alpha value is -1.55. The van der Waals surface area contributed by atoms with Gasteiger partial charge in [-0.1, -0.05) is 6.07 Å². The van der Waals surface area contributed by atoms with E-state index in [1.807, 2.05) is 18.2 Å². The minimum Gasteiger partial charge on any atom is -0.397 e. The van der Waals surface area contributed by atoms with Gasteiger partial charge in [0, 0.05) is 6.54 Å². The highest BCUT2D eigenvalue weighted by Crippen LogP contribution is 2.21. The number of anilines is 1. The smallest absolute Gasteiger partial charge is 0.123 e. The average Bonchev–Trinajstić information content (AvgIpc) is 2.56. The molecule has 0 aliphatic rings. The number of nitrogens with zero attached hydrogens (tertiary/aromatic N) is 2. The maximum atomic E-state index is 5.90. The fourth-order valence-corrected chi connectivity index (χ4v) is 1.76. The van der Waals surface area contributed by atoms with Crippen LogP contribution in [0.3, 0.4) is 0 Å². The molecular weight excluding hydrogens is 176 g/mol. The Bertz CT molecular complexity index is 458. The number of imidazole rings is 1. The lowest BCUT2D eigenvalue weighted by atomic mass is 10.3. The molecule has 1 aromatic heterocycles. The predicted octanol–water partition coefficient (Wildman–Crippen LogP) is 1.10. The second-order valence-corrected chi connectivity index (χ2v) is 3.19. The minimum atomic E-state index is 0.446. The summed E-state index contributed by atoms with van der Waals surface area (Å²) in [5.41, 5.74) is 14.2. The monoisotopic (exact) mass is 190 g/mol. The number of para-hydroxylation sites is 1. The van der Waals surface area contributed by atoms with Gasteiger partial charge in [0.05, 0.1) is 23.3 Å². The van der Waals surface area contributed by atoms with Gasteiger partial charge in [0.15, 0.2) is 0 Å². The Kier molecular flexibility index (Phi) is 2.13.